The van der Waals surface area contributed by atoms with Crippen LogP contribution in [0.4, 0.5) is 0 Å². The zero-order valence-corrected chi connectivity index (χ0v) is 19.1. The number of thiophene rings is 1. The van der Waals surface area contributed by atoms with Crippen molar-refractivity contribution in [2.75, 3.05) is 27.2 Å². The van der Waals surface area contributed by atoms with Crippen LogP contribution in [0.5, 0.6) is 0 Å². The summed E-state index contributed by atoms with van der Waals surface area (Å²) in [6.07, 6.45) is 4.56. The zero-order valence-electron chi connectivity index (χ0n) is 18.2. The Bertz CT molecular complexity index is 1060. The van der Waals surface area contributed by atoms with E-state index in [-0.39, 0.29) is 11.8 Å². The minimum atomic E-state index is -0.611. The third-order valence-corrected chi connectivity index (χ3v) is 6.81. The van der Waals surface area contributed by atoms with E-state index in [1.165, 1.54) is 11.1 Å². The van der Waals surface area contributed by atoms with Crippen molar-refractivity contribution in [1.29, 1.82) is 0 Å². The second-order valence-corrected chi connectivity index (χ2v) is 9.19. The average molecular weight is 437 g/mol. The molecule has 4 rings (SSSR count). The number of benzene rings is 1. The van der Waals surface area contributed by atoms with Gasteiger partial charge < -0.3 is 14.4 Å². The van der Waals surface area contributed by atoms with Crippen molar-refractivity contribution >= 4 is 23.2 Å². The predicted octanol–water partition coefficient (Wildman–Crippen LogP) is 3.79. The predicted molar refractivity (Wildman–Crippen MR) is 123 cm³/mol. The number of nitrogens with zero attached hydrogens (tertiary/aromatic N) is 4. The molecule has 0 bridgehead atoms. The van der Waals surface area contributed by atoms with E-state index in [0.29, 0.717) is 38.2 Å². The number of aryl methyl sites for hydroxylation is 1. The van der Waals surface area contributed by atoms with E-state index in [4.69, 9.17) is 0 Å². The van der Waals surface area contributed by atoms with Crippen LogP contribution in [0.3, 0.4) is 0 Å². The number of carbonyl (C=O) groups excluding carboxylic acids is 2. The molecule has 1 saturated heterocycles. The van der Waals surface area contributed by atoms with Gasteiger partial charge in [0.25, 0.3) is 5.91 Å². The molecule has 3 aromatic rings. The van der Waals surface area contributed by atoms with Crippen molar-refractivity contribution < 1.29 is 9.59 Å². The molecule has 1 aliphatic rings. The minimum absolute atomic E-state index is 0.0550. The van der Waals surface area contributed by atoms with Gasteiger partial charge in [-0.25, -0.2) is 4.98 Å². The van der Waals surface area contributed by atoms with Crippen LogP contribution >= 0.6 is 11.3 Å². The van der Waals surface area contributed by atoms with Crippen molar-refractivity contribution in [3.8, 4) is 11.1 Å². The topological polar surface area (TPSA) is 58.4 Å². The average Bonchev–Trinajstić information content (AvgIpc) is 3.54. The van der Waals surface area contributed by atoms with Crippen molar-refractivity contribution in [1.82, 2.24) is 19.4 Å². The first-order valence-corrected chi connectivity index (χ1v) is 11.5. The Hall–Kier alpha value is -2.93. The van der Waals surface area contributed by atoms with Crippen LogP contribution in [0.1, 0.15) is 29.4 Å². The van der Waals surface area contributed by atoms with E-state index < -0.39 is 5.41 Å². The molecule has 1 aliphatic heterocycles. The van der Waals surface area contributed by atoms with Gasteiger partial charge in [-0.1, -0.05) is 24.3 Å². The van der Waals surface area contributed by atoms with Gasteiger partial charge in [0.05, 0.1) is 17.9 Å². The number of hydrogen-bond acceptors (Lipinski definition) is 4. The van der Waals surface area contributed by atoms with E-state index in [0.717, 1.165) is 5.56 Å². The molecule has 31 heavy (non-hydrogen) atoms. The van der Waals surface area contributed by atoms with E-state index >= 15 is 0 Å². The third kappa shape index (κ3) is 4.14. The summed E-state index contributed by atoms with van der Waals surface area (Å²) in [5.41, 5.74) is 3.47. The fraction of sp³-hybridized carbons (Fsp3) is 0.375. The van der Waals surface area contributed by atoms with Crippen molar-refractivity contribution in [2.45, 2.75) is 26.3 Å². The van der Waals surface area contributed by atoms with Gasteiger partial charge in [-0.3, -0.25) is 9.59 Å². The van der Waals surface area contributed by atoms with Crippen molar-refractivity contribution in [3.63, 3.8) is 0 Å². The number of imidazole rings is 1. The van der Waals surface area contributed by atoms with Gasteiger partial charge in [0.1, 0.15) is 5.69 Å². The van der Waals surface area contributed by atoms with Gasteiger partial charge in [-0.05, 0) is 53.3 Å². The third-order valence-electron chi connectivity index (χ3n) is 6.12. The molecule has 0 aliphatic carbocycles. The van der Waals surface area contributed by atoms with Crippen LogP contribution < -0.4 is 0 Å². The molecule has 3 heterocycles. The maximum atomic E-state index is 13.3. The fourth-order valence-corrected chi connectivity index (χ4v) is 5.13. The molecule has 162 valence electrons. The quantitative estimate of drug-likeness (QED) is 0.591. The fourth-order valence-electron chi connectivity index (χ4n) is 4.46. The van der Waals surface area contributed by atoms with Crippen LogP contribution in [-0.2, 0) is 17.8 Å². The number of carbonyl (C=O) groups is 2. The first kappa shape index (κ1) is 21.3. The normalized spacial score (nSPS) is 18.4. The molecular weight excluding hydrogens is 408 g/mol. The molecule has 1 fully saturated rings. The Morgan fingerprint density at radius 2 is 1.94 bits per heavy atom. The summed E-state index contributed by atoms with van der Waals surface area (Å²) in [5.74, 6) is 0.0225. The lowest BCUT2D eigenvalue weighted by molar-refractivity contribution is -0.138. The number of aromatic nitrogens is 2. The lowest BCUT2D eigenvalue weighted by atomic mass is 9.79. The van der Waals surface area contributed by atoms with Crippen molar-refractivity contribution in [2.24, 2.45) is 5.41 Å². The highest BCUT2D eigenvalue weighted by Crippen LogP contribution is 2.37. The summed E-state index contributed by atoms with van der Waals surface area (Å²) in [6, 6.07) is 10.5. The summed E-state index contributed by atoms with van der Waals surface area (Å²) < 4.78 is 1.85. The van der Waals surface area contributed by atoms with Crippen LogP contribution in [0, 0.1) is 5.41 Å². The van der Waals surface area contributed by atoms with E-state index in [2.05, 4.69) is 46.1 Å². The summed E-state index contributed by atoms with van der Waals surface area (Å²) in [6.45, 7) is 3.67. The number of rotatable bonds is 6. The highest BCUT2D eigenvalue weighted by molar-refractivity contribution is 7.08. The maximum absolute atomic E-state index is 13.3. The van der Waals surface area contributed by atoms with E-state index in [1.807, 2.05) is 16.4 Å². The van der Waals surface area contributed by atoms with Crippen LogP contribution in [0.15, 0.2) is 53.6 Å². The van der Waals surface area contributed by atoms with Gasteiger partial charge >= 0.3 is 0 Å². The van der Waals surface area contributed by atoms with Gasteiger partial charge in [-0.15, -0.1) is 0 Å². The Labute approximate surface area is 187 Å². The second-order valence-electron chi connectivity index (χ2n) is 8.41. The summed E-state index contributed by atoms with van der Waals surface area (Å²) in [5, 5.41) is 4.20. The smallest absolute Gasteiger partial charge is 0.272 e. The molecule has 6 nitrogen and oxygen atoms in total. The molecular formula is C24H28N4O2S. The minimum Gasteiger partial charge on any atom is -0.348 e. The van der Waals surface area contributed by atoms with E-state index in [1.54, 1.807) is 42.9 Å². The molecule has 0 spiro atoms. The number of hydrogen-bond donors (Lipinski definition) is 0. The highest BCUT2D eigenvalue weighted by Gasteiger charge is 2.47. The zero-order chi connectivity index (χ0) is 22.0. The standard InChI is InChI=1S/C24H28N4O2S/c1-4-27-17-25-14-21(27)22(29)28-11-10-24(16-28,23(30)26(2)3)13-18-5-7-19(8-6-18)20-9-12-31-15-20/h5-9,12,14-15,17H,4,10-11,13,16H2,1-3H3. The second kappa shape index (κ2) is 8.67. The Morgan fingerprint density at radius 1 is 1.16 bits per heavy atom. The summed E-state index contributed by atoms with van der Waals surface area (Å²) in [7, 11) is 3.58. The SMILES string of the molecule is CCn1cncc1C(=O)N1CCC(Cc2ccc(-c3ccsc3)cc2)(C(=O)N(C)C)C1. The summed E-state index contributed by atoms with van der Waals surface area (Å²) in [4.78, 5) is 34.0. The molecule has 1 unspecified atom stereocenters. The first-order valence-electron chi connectivity index (χ1n) is 10.6. The van der Waals surface area contributed by atoms with Gasteiger partial charge in [0, 0.05) is 33.7 Å². The van der Waals surface area contributed by atoms with Gasteiger partial charge in [0.15, 0.2) is 0 Å². The molecule has 7 heteroatoms. The van der Waals surface area contributed by atoms with Gasteiger partial charge in [0.2, 0.25) is 5.91 Å². The van der Waals surface area contributed by atoms with E-state index in [9.17, 15) is 9.59 Å². The molecule has 2 aromatic heterocycles. The number of likely N-dealkylation sites (tertiary alicyclic amines) is 1. The molecule has 2 amide bonds. The van der Waals surface area contributed by atoms with Crippen LogP contribution in [0.25, 0.3) is 11.1 Å². The number of amides is 2. The summed E-state index contributed by atoms with van der Waals surface area (Å²) >= 11 is 1.68. The highest BCUT2D eigenvalue weighted by atomic mass is 32.1. The molecule has 1 aromatic carbocycles. The monoisotopic (exact) mass is 436 g/mol. The Morgan fingerprint density at radius 3 is 2.58 bits per heavy atom. The lowest BCUT2D eigenvalue weighted by Crippen LogP contribution is -2.44. The molecule has 0 radical (unpaired) electrons. The van der Waals surface area contributed by atoms with Crippen LogP contribution in [-0.4, -0.2) is 58.4 Å². The lowest BCUT2D eigenvalue weighted by Gasteiger charge is -2.31. The van der Waals surface area contributed by atoms with Crippen molar-refractivity contribution in [3.05, 3.63) is 64.9 Å². The molecule has 1 atom stereocenters. The molecule has 0 saturated carbocycles. The van der Waals surface area contributed by atoms with Crippen LogP contribution in [0.2, 0.25) is 0 Å². The molecule has 0 N–H and O–H groups in total. The van der Waals surface area contributed by atoms with Gasteiger partial charge in [-0.2, -0.15) is 11.3 Å². The Balaban J connectivity index is 1.57. The first-order chi connectivity index (χ1) is 14.9. The maximum Gasteiger partial charge on any atom is 0.272 e. The Kier molecular flexibility index (Phi) is 5.96. The largest absolute Gasteiger partial charge is 0.348 e.